The molecule has 1 atom stereocenters. The van der Waals surface area contributed by atoms with Crippen molar-refractivity contribution < 1.29 is 19.1 Å². The predicted molar refractivity (Wildman–Crippen MR) is 113 cm³/mol. The fourth-order valence-electron chi connectivity index (χ4n) is 2.63. The summed E-state index contributed by atoms with van der Waals surface area (Å²) in [6.45, 7) is 5.01. The summed E-state index contributed by atoms with van der Waals surface area (Å²) >= 11 is 1.36. The molecule has 0 fully saturated rings. The van der Waals surface area contributed by atoms with E-state index < -0.39 is 11.9 Å². The smallest absolute Gasteiger partial charge is 0.279 e. The third-order valence-electron chi connectivity index (χ3n) is 4.28. The Kier molecular flexibility index (Phi) is 7.98. The maximum Gasteiger partial charge on any atom is 0.279 e. The van der Waals surface area contributed by atoms with Crippen molar-refractivity contribution in [3.8, 4) is 11.5 Å². The van der Waals surface area contributed by atoms with Gasteiger partial charge in [-0.05, 0) is 46.1 Å². The molecule has 1 aromatic carbocycles. The van der Waals surface area contributed by atoms with Crippen LogP contribution in [0.3, 0.4) is 0 Å². The number of carbonyl (C=O) groups excluding carboxylic acids is 2. The molecule has 0 aliphatic carbocycles. The molecule has 8 nitrogen and oxygen atoms in total. The van der Waals surface area contributed by atoms with Gasteiger partial charge < -0.3 is 24.3 Å². The number of aryl methyl sites for hydroxylation is 1. The molecule has 0 bridgehead atoms. The zero-order chi connectivity index (χ0) is 21.6. The summed E-state index contributed by atoms with van der Waals surface area (Å²) in [7, 11) is 6.94. The Morgan fingerprint density at radius 1 is 1.24 bits per heavy atom. The van der Waals surface area contributed by atoms with Crippen molar-refractivity contribution in [2.45, 2.75) is 19.9 Å². The molecular weight excluding hydrogens is 392 g/mol. The molecular formula is C20H28N4O4S. The topological polar surface area (TPSA) is 85.2 Å². The van der Waals surface area contributed by atoms with E-state index in [1.807, 2.05) is 32.1 Å². The molecule has 0 aliphatic rings. The summed E-state index contributed by atoms with van der Waals surface area (Å²) in [5.74, 6) is 0.456. The molecule has 2 aromatic rings. The molecule has 1 heterocycles. The first-order valence-corrected chi connectivity index (χ1v) is 10.0. The van der Waals surface area contributed by atoms with E-state index in [9.17, 15) is 9.59 Å². The van der Waals surface area contributed by atoms with Crippen molar-refractivity contribution in [1.82, 2.24) is 14.8 Å². The van der Waals surface area contributed by atoms with Gasteiger partial charge in [0.2, 0.25) is 5.91 Å². The second-order valence-corrected chi connectivity index (χ2v) is 8.00. The van der Waals surface area contributed by atoms with Crippen molar-refractivity contribution in [2.75, 3.05) is 41.4 Å². The van der Waals surface area contributed by atoms with Crippen molar-refractivity contribution in [2.24, 2.45) is 4.99 Å². The lowest BCUT2D eigenvalue weighted by Crippen LogP contribution is -2.37. The minimum absolute atomic E-state index is 0.121. The van der Waals surface area contributed by atoms with E-state index in [4.69, 9.17) is 9.47 Å². The van der Waals surface area contributed by atoms with Gasteiger partial charge in [0.25, 0.3) is 5.91 Å². The lowest BCUT2D eigenvalue weighted by Gasteiger charge is -2.15. The van der Waals surface area contributed by atoms with Gasteiger partial charge >= 0.3 is 0 Å². The number of likely N-dealkylation sites (N-methyl/N-ethyl adjacent to an activating group) is 1. The highest BCUT2D eigenvalue weighted by atomic mass is 32.1. The lowest BCUT2D eigenvalue weighted by molar-refractivity contribution is -0.123. The Hall–Kier alpha value is -2.65. The molecule has 0 radical (unpaired) electrons. The minimum atomic E-state index is -0.487. The predicted octanol–water partition coefficient (Wildman–Crippen LogP) is 1.86. The number of aromatic nitrogens is 1. The lowest BCUT2D eigenvalue weighted by atomic mass is 10.2. The summed E-state index contributed by atoms with van der Waals surface area (Å²) < 4.78 is 12.2. The standard InChI is InChI=1S/C20H28N4O4S/c1-13-12-24(14(2)18(25)21-9-10-23(3)4)20(29-13)22-19(26)15-7-8-16(27-5)17(11-15)28-6/h7-8,11-12,14H,9-10H2,1-6H3,(H,21,25)/t14-/m1/s1. The van der Waals surface area contributed by atoms with Crippen LogP contribution >= 0.6 is 11.3 Å². The second kappa shape index (κ2) is 10.2. The molecule has 1 N–H and O–H groups in total. The van der Waals surface area contributed by atoms with E-state index in [1.54, 1.807) is 29.7 Å². The molecule has 0 saturated carbocycles. The third kappa shape index (κ3) is 5.91. The number of rotatable bonds is 8. The van der Waals surface area contributed by atoms with E-state index in [1.165, 1.54) is 25.6 Å². The summed E-state index contributed by atoms with van der Waals surface area (Å²) in [4.78, 5) is 32.9. The number of methoxy groups -OCH3 is 2. The maximum absolute atomic E-state index is 12.7. The highest BCUT2D eigenvalue weighted by Gasteiger charge is 2.17. The summed E-state index contributed by atoms with van der Waals surface area (Å²) in [5.41, 5.74) is 0.378. The fourth-order valence-corrected chi connectivity index (χ4v) is 3.53. The molecule has 29 heavy (non-hydrogen) atoms. The van der Waals surface area contributed by atoms with Crippen molar-refractivity contribution in [3.63, 3.8) is 0 Å². The van der Waals surface area contributed by atoms with Crippen LogP contribution in [-0.2, 0) is 4.79 Å². The molecule has 0 saturated heterocycles. The molecule has 0 spiro atoms. The number of nitrogens with one attached hydrogen (secondary N) is 1. The Morgan fingerprint density at radius 3 is 2.55 bits per heavy atom. The number of hydrogen-bond acceptors (Lipinski definition) is 6. The van der Waals surface area contributed by atoms with Crippen molar-refractivity contribution in [1.29, 1.82) is 0 Å². The summed E-state index contributed by atoms with van der Waals surface area (Å²) in [6.07, 6.45) is 1.83. The highest BCUT2D eigenvalue weighted by Crippen LogP contribution is 2.27. The Morgan fingerprint density at radius 2 is 1.93 bits per heavy atom. The van der Waals surface area contributed by atoms with E-state index in [0.717, 1.165) is 11.4 Å². The minimum Gasteiger partial charge on any atom is -0.493 e. The monoisotopic (exact) mass is 420 g/mol. The first kappa shape index (κ1) is 22.6. The van der Waals surface area contributed by atoms with Crippen molar-refractivity contribution >= 4 is 23.2 Å². The Balaban J connectivity index is 2.28. The molecule has 1 aromatic heterocycles. The number of ether oxygens (including phenoxy) is 2. The number of carbonyl (C=O) groups is 2. The maximum atomic E-state index is 12.7. The van der Waals surface area contributed by atoms with Crippen LogP contribution < -0.4 is 19.6 Å². The van der Waals surface area contributed by atoms with Gasteiger partial charge in [-0.15, -0.1) is 11.3 Å². The zero-order valence-electron chi connectivity index (χ0n) is 17.7. The van der Waals surface area contributed by atoms with Gasteiger partial charge in [-0.2, -0.15) is 4.99 Å². The van der Waals surface area contributed by atoms with Crippen LogP contribution in [0.2, 0.25) is 0 Å². The quantitative estimate of drug-likeness (QED) is 0.705. The van der Waals surface area contributed by atoms with E-state index in [2.05, 4.69) is 10.3 Å². The normalized spacial score (nSPS) is 12.7. The molecule has 0 aliphatic heterocycles. The van der Waals surface area contributed by atoms with E-state index >= 15 is 0 Å². The molecule has 2 amide bonds. The van der Waals surface area contributed by atoms with E-state index in [0.29, 0.717) is 28.4 Å². The average Bonchev–Trinajstić information content (AvgIpc) is 3.06. The molecule has 0 unspecified atom stereocenters. The highest BCUT2D eigenvalue weighted by molar-refractivity contribution is 7.09. The Bertz CT molecular complexity index is 933. The SMILES string of the molecule is COc1ccc(C(=O)N=c2sc(C)cn2[C@H](C)C(=O)NCCN(C)C)cc1OC. The van der Waals surface area contributed by atoms with Crippen LogP contribution in [0, 0.1) is 6.92 Å². The van der Waals surface area contributed by atoms with Crippen LogP contribution in [0.25, 0.3) is 0 Å². The number of benzene rings is 1. The summed E-state index contributed by atoms with van der Waals surface area (Å²) in [5, 5.41) is 2.91. The third-order valence-corrected chi connectivity index (χ3v) is 5.19. The van der Waals surface area contributed by atoms with Crippen LogP contribution in [-0.4, -0.2) is 62.7 Å². The van der Waals surface area contributed by atoms with E-state index in [-0.39, 0.29) is 5.91 Å². The van der Waals surface area contributed by atoms with Gasteiger partial charge in [0.05, 0.1) is 14.2 Å². The zero-order valence-corrected chi connectivity index (χ0v) is 18.5. The molecule has 9 heteroatoms. The Labute approximate surface area is 174 Å². The molecule has 158 valence electrons. The largest absolute Gasteiger partial charge is 0.493 e. The number of hydrogen-bond donors (Lipinski definition) is 1. The molecule has 2 rings (SSSR count). The first-order chi connectivity index (χ1) is 13.8. The summed E-state index contributed by atoms with van der Waals surface area (Å²) in [6, 6.07) is 4.40. The van der Waals surface area contributed by atoms with Gasteiger partial charge in [-0.25, -0.2) is 0 Å². The number of nitrogens with zero attached hydrogens (tertiary/aromatic N) is 3. The van der Waals surface area contributed by atoms with Gasteiger partial charge in [-0.3, -0.25) is 9.59 Å². The van der Waals surface area contributed by atoms with Gasteiger partial charge in [0.1, 0.15) is 6.04 Å². The van der Waals surface area contributed by atoms with Crippen LogP contribution in [0.4, 0.5) is 0 Å². The second-order valence-electron chi connectivity index (χ2n) is 6.79. The van der Waals surface area contributed by atoms with Crippen LogP contribution in [0.15, 0.2) is 29.4 Å². The van der Waals surface area contributed by atoms with Crippen molar-refractivity contribution in [3.05, 3.63) is 39.6 Å². The van der Waals surface area contributed by atoms with Gasteiger partial charge in [0, 0.05) is 29.7 Å². The number of thiazole rings is 1. The fraction of sp³-hybridized carbons (Fsp3) is 0.450. The van der Waals surface area contributed by atoms with Crippen LogP contribution in [0.5, 0.6) is 11.5 Å². The number of amides is 2. The first-order valence-electron chi connectivity index (χ1n) is 9.19. The van der Waals surface area contributed by atoms with Gasteiger partial charge in [-0.1, -0.05) is 0 Å². The van der Waals surface area contributed by atoms with Crippen LogP contribution in [0.1, 0.15) is 28.2 Å². The average molecular weight is 421 g/mol. The van der Waals surface area contributed by atoms with Gasteiger partial charge in [0.15, 0.2) is 16.3 Å².